The van der Waals surface area contributed by atoms with E-state index in [0.717, 1.165) is 44.9 Å². The van der Waals surface area contributed by atoms with Gasteiger partial charge in [-0.1, -0.05) is 91.5 Å². The number of hydrogen-bond donors (Lipinski definition) is 2. The van der Waals surface area contributed by atoms with Crippen molar-refractivity contribution in [2.75, 3.05) is 4.90 Å². The third-order valence-electron chi connectivity index (χ3n) is 6.62. The van der Waals surface area contributed by atoms with E-state index in [1.807, 2.05) is 24.4 Å². The van der Waals surface area contributed by atoms with Gasteiger partial charge in [-0.05, 0) is 51.2 Å². The van der Waals surface area contributed by atoms with Crippen molar-refractivity contribution in [3.63, 3.8) is 0 Å². The number of aromatic nitrogens is 1. The molecule has 5 aromatic rings. The summed E-state index contributed by atoms with van der Waals surface area (Å²) in [5.41, 5.74) is 15.2. The molecule has 1 aliphatic rings. The number of anilines is 2. The summed E-state index contributed by atoms with van der Waals surface area (Å²) < 4.78 is 0. The van der Waals surface area contributed by atoms with Gasteiger partial charge in [0.05, 0.1) is 17.4 Å². The monoisotopic (exact) mass is 439 g/mol. The maximum atomic E-state index is 6.59. The van der Waals surface area contributed by atoms with Crippen molar-refractivity contribution in [2.24, 2.45) is 5.73 Å². The van der Waals surface area contributed by atoms with Crippen LogP contribution in [-0.2, 0) is 0 Å². The molecule has 1 aliphatic heterocycles. The van der Waals surface area contributed by atoms with Crippen LogP contribution < -0.4 is 10.6 Å². The van der Waals surface area contributed by atoms with Crippen molar-refractivity contribution >= 4 is 33.8 Å². The number of nitrogens with zero attached hydrogens (tertiary/aromatic N) is 1. The zero-order valence-corrected chi connectivity index (χ0v) is 18.8. The fraction of sp³-hybridized carbons (Fsp3) is 0.0323. The number of aromatic amines is 1. The van der Waals surface area contributed by atoms with Gasteiger partial charge in [0, 0.05) is 23.7 Å². The van der Waals surface area contributed by atoms with E-state index in [1.54, 1.807) is 0 Å². The second kappa shape index (κ2) is 8.22. The van der Waals surface area contributed by atoms with Gasteiger partial charge in [-0.25, -0.2) is 0 Å². The Kier molecular flexibility index (Phi) is 4.90. The summed E-state index contributed by atoms with van der Waals surface area (Å²) in [6, 6.07) is 33.4. The number of nitrogens with two attached hydrogens (primary N) is 1. The summed E-state index contributed by atoms with van der Waals surface area (Å²) in [5.74, 6) is 0. The largest absolute Gasteiger partial charge is 0.362 e. The van der Waals surface area contributed by atoms with E-state index < -0.39 is 0 Å². The van der Waals surface area contributed by atoms with Crippen LogP contribution in [0.5, 0.6) is 0 Å². The third-order valence-corrected chi connectivity index (χ3v) is 6.62. The lowest BCUT2D eigenvalue weighted by Gasteiger charge is -2.27. The molecule has 0 saturated heterocycles. The fourth-order valence-corrected chi connectivity index (χ4v) is 4.85. The number of fused-ring (bicyclic) bond motifs is 4. The summed E-state index contributed by atoms with van der Waals surface area (Å²) >= 11 is 0. The van der Waals surface area contributed by atoms with Gasteiger partial charge in [0.15, 0.2) is 0 Å². The van der Waals surface area contributed by atoms with Crippen molar-refractivity contribution in [3.8, 4) is 0 Å². The van der Waals surface area contributed by atoms with Crippen molar-refractivity contribution in [1.82, 2.24) is 4.98 Å². The highest BCUT2D eigenvalue weighted by molar-refractivity contribution is 6.05. The maximum Gasteiger partial charge on any atom is 0.0704 e. The molecule has 0 aliphatic carbocycles. The summed E-state index contributed by atoms with van der Waals surface area (Å²) in [7, 11) is 0. The highest BCUT2D eigenvalue weighted by Crippen LogP contribution is 2.42. The summed E-state index contributed by atoms with van der Waals surface area (Å²) in [4.78, 5) is 5.64. The molecule has 4 aromatic carbocycles. The van der Waals surface area contributed by atoms with E-state index in [-0.39, 0.29) is 6.04 Å². The van der Waals surface area contributed by atoms with E-state index >= 15 is 0 Å². The van der Waals surface area contributed by atoms with Gasteiger partial charge < -0.3 is 15.6 Å². The minimum Gasteiger partial charge on any atom is -0.362 e. The van der Waals surface area contributed by atoms with Crippen molar-refractivity contribution < 1.29 is 0 Å². The number of H-pyrrole nitrogens is 1. The van der Waals surface area contributed by atoms with E-state index in [4.69, 9.17) is 5.73 Å². The lowest BCUT2D eigenvalue weighted by molar-refractivity contribution is 0.839. The third kappa shape index (κ3) is 3.35. The van der Waals surface area contributed by atoms with Crippen molar-refractivity contribution in [1.29, 1.82) is 0 Å². The average molecular weight is 440 g/mol. The van der Waals surface area contributed by atoms with E-state index in [9.17, 15) is 0 Å². The van der Waals surface area contributed by atoms with Gasteiger partial charge >= 0.3 is 0 Å². The standard InChI is InChI=1S/C31H25N3/c1-21-26-13-7-5-10-23(26)17-18-34(29-16-15-22-9-6-8-14-27(22)30(21)29)25-19-28(33-20-25)31(32)24-11-3-2-4-12-24/h2-20,31,33H,1,32H2/b18-17-. The molecule has 164 valence electrons. The second-order valence-corrected chi connectivity index (χ2v) is 8.63. The van der Waals surface area contributed by atoms with Crippen molar-refractivity contribution in [2.45, 2.75) is 6.04 Å². The quantitative estimate of drug-likeness (QED) is 0.308. The van der Waals surface area contributed by atoms with Crippen LogP contribution in [0.3, 0.4) is 0 Å². The molecule has 3 N–H and O–H groups in total. The Morgan fingerprint density at radius 3 is 2.47 bits per heavy atom. The number of nitrogens with one attached hydrogen (secondary N) is 1. The molecule has 1 aromatic heterocycles. The molecule has 3 nitrogen and oxygen atoms in total. The Labute approximate surface area is 199 Å². The highest BCUT2D eigenvalue weighted by atomic mass is 15.1. The topological polar surface area (TPSA) is 45.0 Å². The summed E-state index contributed by atoms with van der Waals surface area (Å²) in [5, 5.41) is 2.39. The fourth-order valence-electron chi connectivity index (χ4n) is 4.85. The molecule has 0 radical (unpaired) electrons. The van der Waals surface area contributed by atoms with Gasteiger partial charge in [0.2, 0.25) is 0 Å². The Morgan fingerprint density at radius 2 is 1.59 bits per heavy atom. The van der Waals surface area contributed by atoms with E-state index in [1.165, 1.54) is 10.8 Å². The Hall–Kier alpha value is -4.34. The second-order valence-electron chi connectivity index (χ2n) is 8.63. The minimum absolute atomic E-state index is 0.222. The molecule has 0 bridgehead atoms. The van der Waals surface area contributed by atoms with Crippen LogP contribution in [-0.4, -0.2) is 4.98 Å². The summed E-state index contributed by atoms with van der Waals surface area (Å²) in [6.07, 6.45) is 6.32. The number of rotatable bonds is 3. The van der Waals surface area contributed by atoms with Crippen LogP contribution in [0, 0.1) is 0 Å². The van der Waals surface area contributed by atoms with E-state index in [0.29, 0.717) is 0 Å². The molecule has 0 spiro atoms. The molecule has 3 heteroatoms. The van der Waals surface area contributed by atoms with Gasteiger partial charge in [-0.2, -0.15) is 0 Å². The first kappa shape index (κ1) is 20.3. The van der Waals surface area contributed by atoms with Crippen LogP contribution >= 0.6 is 0 Å². The normalized spacial score (nSPS) is 14.7. The minimum atomic E-state index is -0.222. The number of benzene rings is 4. The molecule has 0 amide bonds. The van der Waals surface area contributed by atoms with E-state index in [2.05, 4.69) is 108 Å². The Balaban J connectivity index is 1.53. The molecule has 1 unspecified atom stereocenters. The average Bonchev–Trinajstić information content (AvgIpc) is 3.37. The smallest absolute Gasteiger partial charge is 0.0704 e. The van der Waals surface area contributed by atoms with Gasteiger partial charge in [0.1, 0.15) is 0 Å². The predicted molar refractivity (Wildman–Crippen MR) is 143 cm³/mol. The number of hydrogen-bond acceptors (Lipinski definition) is 2. The molecular weight excluding hydrogens is 414 g/mol. The Bertz CT molecular complexity index is 1540. The van der Waals surface area contributed by atoms with Gasteiger partial charge in [0.25, 0.3) is 0 Å². The SMILES string of the molecule is C=C1c2ccccc2/C=C\N(c2c[nH]c(C(N)c3ccccc3)c2)c2ccc3ccccc3c21. The van der Waals surface area contributed by atoms with Crippen molar-refractivity contribution in [3.05, 3.63) is 144 Å². The Morgan fingerprint density at radius 1 is 0.824 bits per heavy atom. The van der Waals surface area contributed by atoms with Crippen LogP contribution in [0.1, 0.15) is 34.0 Å². The van der Waals surface area contributed by atoms with Crippen LogP contribution in [0.15, 0.2) is 116 Å². The van der Waals surface area contributed by atoms with Crippen LogP contribution in [0.4, 0.5) is 11.4 Å². The first-order valence-corrected chi connectivity index (χ1v) is 11.5. The molecule has 0 fully saturated rings. The molecule has 0 saturated carbocycles. The predicted octanol–water partition coefficient (Wildman–Crippen LogP) is 7.40. The zero-order chi connectivity index (χ0) is 23.1. The zero-order valence-electron chi connectivity index (χ0n) is 18.8. The summed E-state index contributed by atoms with van der Waals surface area (Å²) in [6.45, 7) is 4.56. The molecular formula is C31H25N3. The highest BCUT2D eigenvalue weighted by Gasteiger charge is 2.22. The van der Waals surface area contributed by atoms with Gasteiger partial charge in [-0.15, -0.1) is 0 Å². The van der Waals surface area contributed by atoms with Crippen LogP contribution in [0.2, 0.25) is 0 Å². The first-order chi connectivity index (χ1) is 16.7. The lowest BCUT2D eigenvalue weighted by Crippen LogP contribution is -2.13. The molecule has 2 heterocycles. The lowest BCUT2D eigenvalue weighted by atomic mass is 9.89. The van der Waals surface area contributed by atoms with Crippen LogP contribution in [0.25, 0.3) is 22.4 Å². The maximum absolute atomic E-state index is 6.59. The molecule has 1 atom stereocenters. The first-order valence-electron chi connectivity index (χ1n) is 11.5. The van der Waals surface area contributed by atoms with Gasteiger partial charge in [-0.3, -0.25) is 0 Å². The molecule has 34 heavy (non-hydrogen) atoms. The molecule has 6 rings (SSSR count).